The first-order valence-corrected chi connectivity index (χ1v) is 4.81. The maximum atomic E-state index is 8.58. The average Bonchev–Trinajstić information content (AvgIpc) is 2.15. The van der Waals surface area contributed by atoms with Crippen molar-refractivity contribution in [1.29, 1.82) is 0 Å². The molecule has 0 bridgehead atoms. The van der Waals surface area contributed by atoms with Crippen molar-refractivity contribution in [3.05, 3.63) is 0 Å². The van der Waals surface area contributed by atoms with E-state index in [1.807, 2.05) is 0 Å². The smallest absolute Gasteiger partial charge is 0.0703 e. The lowest BCUT2D eigenvalue weighted by Gasteiger charge is -2.31. The predicted molar refractivity (Wildman–Crippen MR) is 48.2 cm³/mol. The van der Waals surface area contributed by atoms with Gasteiger partial charge in [0.15, 0.2) is 0 Å². The number of hydrogen-bond donors (Lipinski definition) is 1. The molecule has 0 aromatic heterocycles. The molecule has 0 radical (unpaired) electrons. The van der Waals surface area contributed by atoms with Crippen LogP contribution in [0.5, 0.6) is 0 Å². The number of nitrogens with zero attached hydrogens (tertiary/aromatic N) is 1. The molecule has 0 amide bonds. The standard InChI is InChI=1S/C9H19NO2/c1-2-10-5-3-4-9(8-10)12-7-6-11/h9,11H,2-8H2,1H3. The molecule has 3 heteroatoms. The lowest BCUT2D eigenvalue weighted by atomic mass is 10.1. The van der Waals surface area contributed by atoms with E-state index >= 15 is 0 Å². The molecular formula is C9H19NO2. The summed E-state index contributed by atoms with van der Waals surface area (Å²) in [5, 5.41) is 8.58. The van der Waals surface area contributed by atoms with Gasteiger partial charge in [0.1, 0.15) is 0 Å². The monoisotopic (exact) mass is 173 g/mol. The Hall–Kier alpha value is -0.120. The Morgan fingerprint density at radius 2 is 2.42 bits per heavy atom. The zero-order chi connectivity index (χ0) is 8.81. The van der Waals surface area contributed by atoms with E-state index < -0.39 is 0 Å². The van der Waals surface area contributed by atoms with Gasteiger partial charge in [0.2, 0.25) is 0 Å². The normalized spacial score (nSPS) is 26.0. The summed E-state index contributed by atoms with van der Waals surface area (Å²) in [7, 11) is 0. The SMILES string of the molecule is CCN1CCCC(OCCO)C1. The highest BCUT2D eigenvalue weighted by molar-refractivity contribution is 4.71. The van der Waals surface area contributed by atoms with Crippen LogP contribution >= 0.6 is 0 Å². The lowest BCUT2D eigenvalue weighted by molar-refractivity contribution is -0.0132. The summed E-state index contributed by atoms with van der Waals surface area (Å²) in [6.07, 6.45) is 2.73. The van der Waals surface area contributed by atoms with Gasteiger partial charge in [-0.05, 0) is 25.9 Å². The molecular weight excluding hydrogens is 154 g/mol. The first-order valence-electron chi connectivity index (χ1n) is 4.81. The summed E-state index contributed by atoms with van der Waals surface area (Å²) in [5.74, 6) is 0. The molecule has 1 heterocycles. The van der Waals surface area contributed by atoms with E-state index in [1.165, 1.54) is 13.0 Å². The Labute approximate surface area is 74.3 Å². The molecule has 1 fully saturated rings. The van der Waals surface area contributed by atoms with Gasteiger partial charge < -0.3 is 14.7 Å². The zero-order valence-corrected chi connectivity index (χ0v) is 7.83. The van der Waals surface area contributed by atoms with Crippen LogP contribution in [0.15, 0.2) is 0 Å². The molecule has 3 nitrogen and oxygen atoms in total. The van der Waals surface area contributed by atoms with Gasteiger partial charge in [-0.25, -0.2) is 0 Å². The second-order valence-corrected chi connectivity index (χ2v) is 3.25. The Balaban J connectivity index is 2.16. The summed E-state index contributed by atoms with van der Waals surface area (Å²) < 4.78 is 5.47. The maximum Gasteiger partial charge on any atom is 0.0703 e. The van der Waals surface area contributed by atoms with Crippen LogP contribution < -0.4 is 0 Å². The predicted octanol–water partition coefficient (Wildman–Crippen LogP) is 0.480. The molecule has 1 saturated heterocycles. The fraction of sp³-hybridized carbons (Fsp3) is 1.00. The largest absolute Gasteiger partial charge is 0.394 e. The van der Waals surface area contributed by atoms with Gasteiger partial charge in [0.25, 0.3) is 0 Å². The van der Waals surface area contributed by atoms with Crippen molar-refractivity contribution in [2.75, 3.05) is 32.8 Å². The minimum absolute atomic E-state index is 0.141. The first kappa shape index (κ1) is 9.96. The zero-order valence-electron chi connectivity index (χ0n) is 7.83. The Kier molecular flexibility index (Phi) is 4.58. The Morgan fingerprint density at radius 1 is 1.58 bits per heavy atom. The van der Waals surface area contributed by atoms with Gasteiger partial charge >= 0.3 is 0 Å². The molecule has 1 N–H and O–H groups in total. The highest BCUT2D eigenvalue weighted by Crippen LogP contribution is 2.12. The van der Waals surface area contributed by atoms with E-state index in [0.717, 1.165) is 19.5 Å². The fourth-order valence-electron chi connectivity index (χ4n) is 1.66. The van der Waals surface area contributed by atoms with Crippen LogP contribution in [-0.4, -0.2) is 49.0 Å². The molecule has 0 aromatic rings. The highest BCUT2D eigenvalue weighted by Gasteiger charge is 2.18. The molecule has 1 aliphatic heterocycles. The Morgan fingerprint density at radius 3 is 3.08 bits per heavy atom. The van der Waals surface area contributed by atoms with Crippen LogP contribution in [0.25, 0.3) is 0 Å². The number of likely N-dealkylation sites (tertiary alicyclic amines) is 1. The molecule has 1 aliphatic rings. The van der Waals surface area contributed by atoms with Crippen LogP contribution in [0.2, 0.25) is 0 Å². The van der Waals surface area contributed by atoms with Crippen molar-refractivity contribution in [1.82, 2.24) is 4.90 Å². The molecule has 12 heavy (non-hydrogen) atoms. The number of aliphatic hydroxyl groups is 1. The fourth-order valence-corrected chi connectivity index (χ4v) is 1.66. The van der Waals surface area contributed by atoms with E-state index in [1.54, 1.807) is 0 Å². The summed E-state index contributed by atoms with van der Waals surface area (Å²) in [4.78, 5) is 2.39. The van der Waals surface area contributed by atoms with E-state index in [0.29, 0.717) is 12.7 Å². The van der Waals surface area contributed by atoms with Crippen LogP contribution in [0.1, 0.15) is 19.8 Å². The summed E-state index contributed by atoms with van der Waals surface area (Å²) in [5.41, 5.74) is 0. The Bertz CT molecular complexity index is 119. The van der Waals surface area contributed by atoms with Crippen molar-refractivity contribution in [2.45, 2.75) is 25.9 Å². The highest BCUT2D eigenvalue weighted by atomic mass is 16.5. The molecule has 0 aromatic carbocycles. The van der Waals surface area contributed by atoms with Crippen molar-refractivity contribution in [3.63, 3.8) is 0 Å². The minimum atomic E-state index is 0.141. The third-order valence-corrected chi connectivity index (χ3v) is 2.35. The van der Waals surface area contributed by atoms with Crippen molar-refractivity contribution < 1.29 is 9.84 Å². The average molecular weight is 173 g/mol. The number of piperidine rings is 1. The van der Waals surface area contributed by atoms with Gasteiger partial charge in [-0.1, -0.05) is 6.92 Å². The van der Waals surface area contributed by atoms with Crippen molar-refractivity contribution in [2.24, 2.45) is 0 Å². The van der Waals surface area contributed by atoms with Gasteiger partial charge in [-0.15, -0.1) is 0 Å². The number of likely N-dealkylation sites (N-methyl/N-ethyl adjacent to an activating group) is 1. The summed E-state index contributed by atoms with van der Waals surface area (Å²) >= 11 is 0. The van der Waals surface area contributed by atoms with Crippen molar-refractivity contribution >= 4 is 0 Å². The number of hydrogen-bond acceptors (Lipinski definition) is 3. The maximum absolute atomic E-state index is 8.58. The molecule has 1 atom stereocenters. The summed E-state index contributed by atoms with van der Waals surface area (Å²) in [6.45, 7) is 6.16. The van der Waals surface area contributed by atoms with Gasteiger partial charge in [-0.2, -0.15) is 0 Å². The van der Waals surface area contributed by atoms with Crippen LogP contribution in [0.4, 0.5) is 0 Å². The van der Waals surface area contributed by atoms with Gasteiger partial charge in [0, 0.05) is 6.54 Å². The van der Waals surface area contributed by atoms with E-state index in [-0.39, 0.29) is 6.61 Å². The van der Waals surface area contributed by atoms with Crippen LogP contribution in [0, 0.1) is 0 Å². The quantitative estimate of drug-likeness (QED) is 0.671. The third kappa shape index (κ3) is 3.09. The molecule has 0 spiro atoms. The second kappa shape index (κ2) is 5.51. The van der Waals surface area contributed by atoms with E-state index in [2.05, 4.69) is 11.8 Å². The molecule has 0 aliphatic carbocycles. The van der Waals surface area contributed by atoms with Gasteiger partial charge in [-0.3, -0.25) is 0 Å². The van der Waals surface area contributed by atoms with Gasteiger partial charge in [0.05, 0.1) is 19.3 Å². The third-order valence-electron chi connectivity index (χ3n) is 2.35. The molecule has 1 unspecified atom stereocenters. The topological polar surface area (TPSA) is 32.7 Å². The van der Waals surface area contributed by atoms with Crippen molar-refractivity contribution in [3.8, 4) is 0 Å². The minimum Gasteiger partial charge on any atom is -0.394 e. The molecule has 0 saturated carbocycles. The molecule has 1 rings (SSSR count). The van der Waals surface area contributed by atoms with E-state index in [9.17, 15) is 0 Å². The number of ether oxygens (including phenoxy) is 1. The van der Waals surface area contributed by atoms with Crippen LogP contribution in [-0.2, 0) is 4.74 Å². The lowest BCUT2D eigenvalue weighted by Crippen LogP contribution is -2.39. The number of aliphatic hydroxyl groups excluding tert-OH is 1. The number of rotatable bonds is 4. The van der Waals surface area contributed by atoms with E-state index in [4.69, 9.17) is 9.84 Å². The first-order chi connectivity index (χ1) is 5.86. The molecule has 72 valence electrons. The summed E-state index contributed by atoms with van der Waals surface area (Å²) in [6, 6.07) is 0. The second-order valence-electron chi connectivity index (χ2n) is 3.25. The van der Waals surface area contributed by atoms with Crippen LogP contribution in [0.3, 0.4) is 0 Å².